The fourth-order valence-electron chi connectivity index (χ4n) is 4.81. The molecule has 0 aromatic carbocycles. The molecule has 3 nitrogen and oxygen atoms in total. The summed E-state index contributed by atoms with van der Waals surface area (Å²) in [7, 11) is 0. The van der Waals surface area contributed by atoms with Crippen LogP contribution in [-0.4, -0.2) is 35.9 Å². The van der Waals surface area contributed by atoms with Crippen LogP contribution in [-0.2, 0) is 0 Å². The quantitative estimate of drug-likeness (QED) is 0.639. The Balaban J connectivity index is 1.74. The number of hydrogen-bond acceptors (Lipinski definition) is 3. The van der Waals surface area contributed by atoms with Crippen molar-refractivity contribution in [2.45, 2.75) is 88.3 Å². The number of piperidine rings is 1. The number of fused-ring (bicyclic) bond motifs is 4. The molecule has 0 amide bonds. The molecule has 4 unspecified atom stereocenters. The van der Waals surface area contributed by atoms with Gasteiger partial charge in [-0.1, -0.05) is 32.1 Å². The molecule has 2 aliphatic heterocycles. The normalized spacial score (nSPS) is 44.0. The summed E-state index contributed by atoms with van der Waals surface area (Å²) in [4.78, 5) is 0. The molecule has 0 radical (unpaired) electrons. The lowest BCUT2D eigenvalue weighted by Crippen LogP contribution is -2.57. The van der Waals surface area contributed by atoms with Gasteiger partial charge in [-0.2, -0.15) is 0 Å². The van der Waals surface area contributed by atoms with Gasteiger partial charge in [0, 0.05) is 18.0 Å². The van der Waals surface area contributed by atoms with Crippen molar-refractivity contribution in [3.63, 3.8) is 0 Å². The van der Waals surface area contributed by atoms with E-state index in [4.69, 9.17) is 0 Å². The molecule has 1 saturated carbocycles. The van der Waals surface area contributed by atoms with Crippen molar-refractivity contribution < 1.29 is 5.11 Å². The molecule has 3 heteroatoms. The summed E-state index contributed by atoms with van der Waals surface area (Å²) in [5.41, 5.74) is -0.410. The van der Waals surface area contributed by atoms with E-state index in [1.165, 1.54) is 57.8 Å². The summed E-state index contributed by atoms with van der Waals surface area (Å²) in [6.07, 6.45) is 13.7. The topological polar surface area (TPSA) is 44.3 Å². The highest BCUT2D eigenvalue weighted by atomic mass is 16.3. The maximum Gasteiger partial charge on any atom is 0.0717 e. The van der Waals surface area contributed by atoms with E-state index in [1.54, 1.807) is 0 Å². The Morgan fingerprint density at radius 1 is 0.800 bits per heavy atom. The van der Waals surface area contributed by atoms with Crippen LogP contribution in [0.1, 0.15) is 70.6 Å². The van der Waals surface area contributed by atoms with E-state index < -0.39 is 5.60 Å². The van der Waals surface area contributed by atoms with Crippen LogP contribution < -0.4 is 10.6 Å². The standard InChI is InChI=1S/C17H32N2O/c20-17-10-12-18-14(13-17)7-3-1-2-6-11-19-16-9-5-4-8-15(16)17/h14-16,18-20H,1-13H2. The van der Waals surface area contributed by atoms with Crippen molar-refractivity contribution in [2.24, 2.45) is 5.92 Å². The van der Waals surface area contributed by atoms with Crippen molar-refractivity contribution in [3.05, 3.63) is 0 Å². The second-order valence-electron chi connectivity index (χ2n) is 7.36. The maximum atomic E-state index is 11.3. The smallest absolute Gasteiger partial charge is 0.0717 e. The third kappa shape index (κ3) is 3.37. The summed E-state index contributed by atoms with van der Waals surface area (Å²) in [6.45, 7) is 2.16. The highest BCUT2D eigenvalue weighted by molar-refractivity contribution is 5.00. The van der Waals surface area contributed by atoms with Crippen LogP contribution in [0.25, 0.3) is 0 Å². The molecule has 3 rings (SSSR count). The van der Waals surface area contributed by atoms with E-state index >= 15 is 0 Å². The third-order valence-electron chi connectivity index (χ3n) is 5.93. The zero-order chi connectivity index (χ0) is 13.8. The van der Waals surface area contributed by atoms with E-state index in [9.17, 15) is 5.11 Å². The van der Waals surface area contributed by atoms with Gasteiger partial charge in [0.15, 0.2) is 0 Å². The van der Waals surface area contributed by atoms with Gasteiger partial charge in [-0.15, -0.1) is 0 Å². The Bertz CT molecular complexity index is 309. The Labute approximate surface area is 123 Å². The molecule has 3 N–H and O–H groups in total. The van der Waals surface area contributed by atoms with E-state index in [0.717, 1.165) is 25.9 Å². The fraction of sp³-hybridized carbons (Fsp3) is 1.00. The zero-order valence-corrected chi connectivity index (χ0v) is 12.9. The number of aliphatic hydroxyl groups is 1. The van der Waals surface area contributed by atoms with Gasteiger partial charge in [-0.05, 0) is 51.6 Å². The average Bonchev–Trinajstić information content (AvgIpc) is 2.46. The van der Waals surface area contributed by atoms with Gasteiger partial charge in [0.05, 0.1) is 5.60 Å². The van der Waals surface area contributed by atoms with E-state index in [0.29, 0.717) is 18.0 Å². The molecule has 2 bridgehead atoms. The highest BCUT2D eigenvalue weighted by Crippen LogP contribution is 2.40. The second kappa shape index (κ2) is 6.76. The predicted molar refractivity (Wildman–Crippen MR) is 82.8 cm³/mol. The van der Waals surface area contributed by atoms with E-state index in [2.05, 4.69) is 10.6 Å². The van der Waals surface area contributed by atoms with Gasteiger partial charge >= 0.3 is 0 Å². The van der Waals surface area contributed by atoms with Crippen molar-refractivity contribution in [2.75, 3.05) is 13.1 Å². The van der Waals surface area contributed by atoms with Crippen molar-refractivity contribution in [1.29, 1.82) is 0 Å². The van der Waals surface area contributed by atoms with Crippen molar-refractivity contribution in [1.82, 2.24) is 10.6 Å². The maximum absolute atomic E-state index is 11.3. The molecule has 2 heterocycles. The first-order chi connectivity index (χ1) is 9.78. The molecule has 2 saturated heterocycles. The first-order valence-corrected chi connectivity index (χ1v) is 8.97. The van der Waals surface area contributed by atoms with Crippen LogP contribution in [0.3, 0.4) is 0 Å². The minimum absolute atomic E-state index is 0.410. The van der Waals surface area contributed by atoms with Crippen molar-refractivity contribution in [3.8, 4) is 0 Å². The number of nitrogens with one attached hydrogen (secondary N) is 2. The molecule has 1 aliphatic carbocycles. The summed E-state index contributed by atoms with van der Waals surface area (Å²) < 4.78 is 0. The lowest BCUT2D eigenvalue weighted by Gasteiger charge is -2.48. The Morgan fingerprint density at radius 3 is 2.55 bits per heavy atom. The summed E-state index contributed by atoms with van der Waals surface area (Å²) in [5, 5.41) is 18.7. The molecular formula is C17H32N2O. The lowest BCUT2D eigenvalue weighted by atomic mass is 9.68. The molecular weight excluding hydrogens is 248 g/mol. The molecule has 20 heavy (non-hydrogen) atoms. The Morgan fingerprint density at radius 2 is 1.60 bits per heavy atom. The first kappa shape index (κ1) is 14.8. The van der Waals surface area contributed by atoms with Gasteiger partial charge in [0.2, 0.25) is 0 Å². The molecule has 0 spiro atoms. The van der Waals surface area contributed by atoms with Gasteiger partial charge in [0.1, 0.15) is 0 Å². The van der Waals surface area contributed by atoms with E-state index in [-0.39, 0.29) is 0 Å². The van der Waals surface area contributed by atoms with Crippen LogP contribution in [0.15, 0.2) is 0 Å². The largest absolute Gasteiger partial charge is 0.389 e. The minimum atomic E-state index is -0.410. The first-order valence-electron chi connectivity index (χ1n) is 8.97. The highest BCUT2D eigenvalue weighted by Gasteiger charge is 2.44. The SMILES string of the molecule is OC12CCNC(CCCCCCNC3CCCCC31)C2. The van der Waals surface area contributed by atoms with Crippen LogP contribution in [0, 0.1) is 5.92 Å². The fourth-order valence-corrected chi connectivity index (χ4v) is 4.81. The molecule has 0 aromatic rings. The summed E-state index contributed by atoms with van der Waals surface area (Å²) in [5.74, 6) is 0.486. The predicted octanol–water partition coefficient (Wildman–Crippen LogP) is 2.58. The van der Waals surface area contributed by atoms with Crippen LogP contribution >= 0.6 is 0 Å². The van der Waals surface area contributed by atoms with Gasteiger partial charge in [0.25, 0.3) is 0 Å². The number of rotatable bonds is 0. The van der Waals surface area contributed by atoms with Crippen LogP contribution in [0.2, 0.25) is 0 Å². The molecule has 0 aromatic heterocycles. The lowest BCUT2D eigenvalue weighted by molar-refractivity contribution is -0.0787. The second-order valence-corrected chi connectivity index (χ2v) is 7.36. The Kier molecular flexibility index (Phi) is 5.00. The van der Waals surface area contributed by atoms with Gasteiger partial charge < -0.3 is 15.7 Å². The summed E-state index contributed by atoms with van der Waals surface area (Å²) >= 11 is 0. The van der Waals surface area contributed by atoms with Crippen molar-refractivity contribution >= 4 is 0 Å². The summed E-state index contributed by atoms with van der Waals surface area (Å²) in [6, 6.07) is 1.11. The molecule has 116 valence electrons. The van der Waals surface area contributed by atoms with Gasteiger partial charge in [-0.25, -0.2) is 0 Å². The number of hydrogen-bond donors (Lipinski definition) is 3. The van der Waals surface area contributed by atoms with Gasteiger partial charge in [-0.3, -0.25) is 0 Å². The zero-order valence-electron chi connectivity index (χ0n) is 12.9. The monoisotopic (exact) mass is 280 g/mol. The average molecular weight is 280 g/mol. The van der Waals surface area contributed by atoms with Crippen LogP contribution in [0.4, 0.5) is 0 Å². The molecule has 3 aliphatic rings. The molecule has 3 fully saturated rings. The van der Waals surface area contributed by atoms with E-state index in [1.807, 2.05) is 0 Å². The third-order valence-corrected chi connectivity index (χ3v) is 5.93. The minimum Gasteiger partial charge on any atom is -0.389 e. The van der Waals surface area contributed by atoms with Crippen LogP contribution in [0.5, 0.6) is 0 Å². The molecule has 4 atom stereocenters. The Hall–Kier alpha value is -0.120.